The molecule has 0 aliphatic heterocycles. The molecule has 1 aliphatic rings. The van der Waals surface area contributed by atoms with Gasteiger partial charge in [0.15, 0.2) is 0 Å². The van der Waals surface area contributed by atoms with Crippen LogP contribution in [-0.4, -0.2) is 20.5 Å². The van der Waals surface area contributed by atoms with Crippen LogP contribution in [-0.2, 0) is 10.0 Å². The summed E-state index contributed by atoms with van der Waals surface area (Å²) < 4.78 is 26.9. The number of sulfonamides is 1. The maximum Gasteiger partial charge on any atom is 0.240 e. The molecule has 17 heavy (non-hydrogen) atoms. The zero-order chi connectivity index (χ0) is 12.6. The van der Waals surface area contributed by atoms with Gasteiger partial charge in [-0.2, -0.15) is 0 Å². The highest BCUT2D eigenvalue weighted by atomic mass is 32.2. The van der Waals surface area contributed by atoms with Crippen molar-refractivity contribution in [2.24, 2.45) is 5.73 Å². The van der Waals surface area contributed by atoms with E-state index in [0.717, 1.165) is 24.0 Å². The Kier molecular flexibility index (Phi) is 3.25. The van der Waals surface area contributed by atoms with Gasteiger partial charge in [0.05, 0.1) is 4.90 Å². The Labute approximate surface area is 102 Å². The third-order valence-corrected chi connectivity index (χ3v) is 4.50. The van der Waals surface area contributed by atoms with E-state index in [1.807, 2.05) is 19.9 Å². The fourth-order valence-corrected chi connectivity index (χ4v) is 3.58. The first-order valence-electron chi connectivity index (χ1n) is 5.73. The van der Waals surface area contributed by atoms with Crippen LogP contribution < -0.4 is 10.5 Å². The van der Waals surface area contributed by atoms with E-state index in [0.29, 0.717) is 4.90 Å². The Morgan fingerprint density at radius 2 is 1.71 bits per heavy atom. The summed E-state index contributed by atoms with van der Waals surface area (Å²) in [5.74, 6) is 0. The summed E-state index contributed by atoms with van der Waals surface area (Å²) in [6.07, 6.45) is 1.45. The van der Waals surface area contributed by atoms with Crippen LogP contribution in [0.2, 0.25) is 0 Å². The van der Waals surface area contributed by atoms with E-state index in [4.69, 9.17) is 5.73 Å². The van der Waals surface area contributed by atoms with Crippen LogP contribution in [0.15, 0.2) is 23.1 Å². The Morgan fingerprint density at radius 3 is 2.18 bits per heavy atom. The SMILES string of the molecule is Cc1cc(C)cc(S(=O)(=O)NC2CC(N)C2)c1. The maximum absolute atomic E-state index is 12.1. The summed E-state index contributed by atoms with van der Waals surface area (Å²) in [4.78, 5) is 0.343. The van der Waals surface area contributed by atoms with E-state index < -0.39 is 10.0 Å². The highest BCUT2D eigenvalue weighted by molar-refractivity contribution is 7.89. The Morgan fingerprint density at radius 1 is 1.18 bits per heavy atom. The predicted molar refractivity (Wildman–Crippen MR) is 67.2 cm³/mol. The van der Waals surface area contributed by atoms with Crippen molar-refractivity contribution in [1.82, 2.24) is 4.72 Å². The van der Waals surface area contributed by atoms with Gasteiger partial charge in [-0.1, -0.05) is 6.07 Å². The first-order chi connectivity index (χ1) is 7.87. The van der Waals surface area contributed by atoms with E-state index in [1.54, 1.807) is 12.1 Å². The van der Waals surface area contributed by atoms with Gasteiger partial charge in [0.2, 0.25) is 10.0 Å². The number of nitrogens with two attached hydrogens (primary N) is 1. The summed E-state index contributed by atoms with van der Waals surface area (Å²) in [5.41, 5.74) is 7.55. The van der Waals surface area contributed by atoms with Crippen LogP contribution in [0.4, 0.5) is 0 Å². The molecule has 0 bridgehead atoms. The molecule has 0 spiro atoms. The monoisotopic (exact) mass is 254 g/mol. The van der Waals surface area contributed by atoms with Gasteiger partial charge in [0.1, 0.15) is 0 Å². The first kappa shape index (κ1) is 12.5. The molecular weight excluding hydrogens is 236 g/mol. The lowest BCUT2D eigenvalue weighted by molar-refractivity contribution is 0.327. The lowest BCUT2D eigenvalue weighted by Crippen LogP contribution is -2.50. The largest absolute Gasteiger partial charge is 0.328 e. The van der Waals surface area contributed by atoms with Crippen LogP contribution in [0.3, 0.4) is 0 Å². The second kappa shape index (κ2) is 4.40. The zero-order valence-corrected chi connectivity index (χ0v) is 10.9. The standard InChI is InChI=1S/C12H18N2O2S/c1-8-3-9(2)5-12(4-8)17(15,16)14-11-6-10(13)7-11/h3-5,10-11,14H,6-7,13H2,1-2H3. The molecule has 2 rings (SSSR count). The fraction of sp³-hybridized carbons (Fsp3) is 0.500. The molecule has 0 unspecified atom stereocenters. The summed E-state index contributed by atoms with van der Waals surface area (Å²) in [7, 11) is -3.39. The number of rotatable bonds is 3. The quantitative estimate of drug-likeness (QED) is 0.847. The maximum atomic E-state index is 12.1. The summed E-state index contributed by atoms with van der Waals surface area (Å²) in [6.45, 7) is 3.79. The van der Waals surface area contributed by atoms with E-state index in [1.165, 1.54) is 0 Å². The van der Waals surface area contributed by atoms with E-state index >= 15 is 0 Å². The smallest absolute Gasteiger partial charge is 0.240 e. The minimum Gasteiger partial charge on any atom is -0.328 e. The van der Waals surface area contributed by atoms with Gasteiger partial charge in [-0.3, -0.25) is 0 Å². The van der Waals surface area contributed by atoms with Crippen molar-refractivity contribution in [2.45, 2.75) is 43.7 Å². The summed E-state index contributed by atoms with van der Waals surface area (Å²) >= 11 is 0. The van der Waals surface area contributed by atoms with Crippen LogP contribution in [0.5, 0.6) is 0 Å². The molecule has 0 radical (unpaired) electrons. The molecule has 0 heterocycles. The Hall–Kier alpha value is -0.910. The molecule has 1 aromatic carbocycles. The lowest BCUT2D eigenvalue weighted by Gasteiger charge is -2.32. The van der Waals surface area contributed by atoms with Crippen LogP contribution in [0.1, 0.15) is 24.0 Å². The molecule has 0 saturated heterocycles. The average molecular weight is 254 g/mol. The minimum atomic E-state index is -3.39. The molecule has 0 amide bonds. The lowest BCUT2D eigenvalue weighted by atomic mass is 9.89. The van der Waals surface area contributed by atoms with Crippen LogP contribution >= 0.6 is 0 Å². The van der Waals surface area contributed by atoms with Gasteiger partial charge in [-0.05, 0) is 49.9 Å². The van der Waals surface area contributed by atoms with Gasteiger partial charge < -0.3 is 5.73 Å². The van der Waals surface area contributed by atoms with Crippen molar-refractivity contribution in [3.63, 3.8) is 0 Å². The third-order valence-electron chi connectivity index (χ3n) is 3.00. The third kappa shape index (κ3) is 2.86. The molecule has 1 aliphatic carbocycles. The van der Waals surface area contributed by atoms with Crippen molar-refractivity contribution in [2.75, 3.05) is 0 Å². The van der Waals surface area contributed by atoms with Gasteiger partial charge in [0.25, 0.3) is 0 Å². The fourth-order valence-electron chi connectivity index (χ4n) is 2.13. The number of hydrogen-bond acceptors (Lipinski definition) is 3. The van der Waals surface area contributed by atoms with E-state index in [2.05, 4.69) is 4.72 Å². The van der Waals surface area contributed by atoms with Gasteiger partial charge in [-0.15, -0.1) is 0 Å². The average Bonchev–Trinajstić information content (AvgIpc) is 2.13. The van der Waals surface area contributed by atoms with Crippen molar-refractivity contribution in [3.8, 4) is 0 Å². The second-order valence-electron chi connectivity index (χ2n) is 4.87. The van der Waals surface area contributed by atoms with Crippen LogP contribution in [0, 0.1) is 13.8 Å². The highest BCUT2D eigenvalue weighted by Crippen LogP contribution is 2.21. The van der Waals surface area contributed by atoms with Gasteiger partial charge >= 0.3 is 0 Å². The Bertz CT molecular complexity index is 499. The minimum absolute atomic E-state index is 0.00387. The molecule has 1 aromatic rings. The number of nitrogens with one attached hydrogen (secondary N) is 1. The molecule has 0 aromatic heterocycles. The number of hydrogen-bond donors (Lipinski definition) is 2. The van der Waals surface area contributed by atoms with Crippen LogP contribution in [0.25, 0.3) is 0 Å². The van der Waals surface area contributed by atoms with E-state index in [9.17, 15) is 8.42 Å². The Balaban J connectivity index is 2.19. The number of aryl methyl sites for hydroxylation is 2. The van der Waals surface area contributed by atoms with Crippen molar-refractivity contribution in [3.05, 3.63) is 29.3 Å². The normalized spacial score (nSPS) is 24.4. The van der Waals surface area contributed by atoms with Gasteiger partial charge in [-0.25, -0.2) is 13.1 Å². The van der Waals surface area contributed by atoms with Crippen molar-refractivity contribution < 1.29 is 8.42 Å². The molecule has 5 heteroatoms. The zero-order valence-electron chi connectivity index (χ0n) is 10.1. The second-order valence-corrected chi connectivity index (χ2v) is 6.59. The molecule has 94 valence electrons. The highest BCUT2D eigenvalue weighted by Gasteiger charge is 2.30. The molecule has 1 fully saturated rings. The number of benzene rings is 1. The molecular formula is C12H18N2O2S. The van der Waals surface area contributed by atoms with E-state index in [-0.39, 0.29) is 12.1 Å². The van der Waals surface area contributed by atoms with Gasteiger partial charge in [0, 0.05) is 12.1 Å². The predicted octanol–water partition coefficient (Wildman–Crippen LogP) is 1.07. The summed E-state index contributed by atoms with van der Waals surface area (Å²) in [6, 6.07) is 5.47. The first-order valence-corrected chi connectivity index (χ1v) is 7.21. The molecule has 4 nitrogen and oxygen atoms in total. The van der Waals surface area contributed by atoms with Crippen molar-refractivity contribution in [1.29, 1.82) is 0 Å². The topological polar surface area (TPSA) is 72.2 Å². The summed E-state index contributed by atoms with van der Waals surface area (Å²) in [5, 5.41) is 0. The van der Waals surface area contributed by atoms with Crippen molar-refractivity contribution >= 4 is 10.0 Å². The molecule has 3 N–H and O–H groups in total. The molecule has 1 saturated carbocycles. The molecule has 0 atom stereocenters.